The molecule has 0 unspecified atom stereocenters. The lowest BCUT2D eigenvalue weighted by Crippen LogP contribution is -2.42. The van der Waals surface area contributed by atoms with Gasteiger partial charge in [-0.05, 0) is 6.42 Å². The van der Waals surface area contributed by atoms with Crippen molar-refractivity contribution in [3.8, 4) is 0 Å². The van der Waals surface area contributed by atoms with Crippen LogP contribution < -0.4 is 5.73 Å². The molecule has 0 spiro atoms. The van der Waals surface area contributed by atoms with Crippen LogP contribution in [0.15, 0.2) is 0 Å². The summed E-state index contributed by atoms with van der Waals surface area (Å²) in [7, 11) is 0. The molecule has 1 rings (SSSR count). The summed E-state index contributed by atoms with van der Waals surface area (Å²) in [5, 5.41) is 0. The van der Waals surface area contributed by atoms with Gasteiger partial charge in [0.15, 0.2) is 0 Å². The molecular formula is C12H23N3O2. The Bertz CT molecular complexity index is 297. The quantitative estimate of drug-likeness (QED) is 0.743. The smallest absolute Gasteiger partial charge is 0.231 e. The first-order valence-corrected chi connectivity index (χ1v) is 6.11. The minimum absolute atomic E-state index is 0.179. The van der Waals surface area contributed by atoms with Gasteiger partial charge in [-0.1, -0.05) is 20.8 Å². The Hall–Kier alpha value is -1.10. The Labute approximate surface area is 103 Å². The highest BCUT2D eigenvalue weighted by atomic mass is 16.2. The molecule has 1 aliphatic rings. The SMILES string of the molecule is CC(C)(C)C(=O)N1CCCN(CC(N)=O)CC1. The van der Waals surface area contributed by atoms with Crippen LogP contribution in [0.2, 0.25) is 0 Å². The van der Waals surface area contributed by atoms with Crippen LogP contribution in [-0.4, -0.2) is 54.3 Å². The van der Waals surface area contributed by atoms with E-state index >= 15 is 0 Å². The third-order valence-corrected chi connectivity index (χ3v) is 2.90. The number of hydrogen-bond acceptors (Lipinski definition) is 3. The molecule has 1 fully saturated rings. The normalized spacial score (nSPS) is 18.9. The van der Waals surface area contributed by atoms with Crippen molar-refractivity contribution < 1.29 is 9.59 Å². The first-order valence-electron chi connectivity index (χ1n) is 6.11. The molecule has 0 atom stereocenters. The standard InChI is InChI=1S/C12H23N3O2/c1-12(2,3)11(17)15-6-4-5-14(7-8-15)9-10(13)16/h4-9H2,1-3H3,(H2,13,16). The maximum absolute atomic E-state index is 12.1. The maximum Gasteiger partial charge on any atom is 0.231 e. The molecule has 0 aromatic heterocycles. The Morgan fingerprint density at radius 2 is 1.76 bits per heavy atom. The summed E-state index contributed by atoms with van der Waals surface area (Å²) >= 11 is 0. The minimum atomic E-state index is -0.334. The number of rotatable bonds is 2. The largest absolute Gasteiger partial charge is 0.369 e. The van der Waals surface area contributed by atoms with Gasteiger partial charge in [-0.3, -0.25) is 14.5 Å². The molecule has 98 valence electrons. The van der Waals surface area contributed by atoms with E-state index in [4.69, 9.17) is 5.73 Å². The van der Waals surface area contributed by atoms with Crippen LogP contribution in [-0.2, 0) is 9.59 Å². The zero-order valence-electron chi connectivity index (χ0n) is 11.0. The number of primary amides is 1. The lowest BCUT2D eigenvalue weighted by atomic mass is 9.94. The fourth-order valence-corrected chi connectivity index (χ4v) is 2.03. The first-order chi connectivity index (χ1) is 7.80. The van der Waals surface area contributed by atoms with Crippen molar-refractivity contribution in [1.82, 2.24) is 9.80 Å². The molecule has 0 bridgehead atoms. The maximum atomic E-state index is 12.1. The summed E-state index contributed by atoms with van der Waals surface area (Å²) in [5.74, 6) is -0.126. The zero-order valence-corrected chi connectivity index (χ0v) is 11.0. The molecule has 0 aromatic carbocycles. The number of nitrogens with zero attached hydrogens (tertiary/aromatic N) is 2. The monoisotopic (exact) mass is 241 g/mol. The van der Waals surface area contributed by atoms with Gasteiger partial charge in [-0.15, -0.1) is 0 Å². The Balaban J connectivity index is 2.53. The summed E-state index contributed by atoms with van der Waals surface area (Å²) in [5.41, 5.74) is 4.84. The molecule has 0 aromatic rings. The van der Waals surface area contributed by atoms with Crippen LogP contribution in [0.1, 0.15) is 27.2 Å². The highest BCUT2D eigenvalue weighted by molar-refractivity contribution is 5.81. The van der Waals surface area contributed by atoms with Gasteiger partial charge >= 0.3 is 0 Å². The highest BCUT2D eigenvalue weighted by Crippen LogP contribution is 2.18. The van der Waals surface area contributed by atoms with Crippen molar-refractivity contribution in [2.24, 2.45) is 11.1 Å². The Kier molecular flexibility index (Phi) is 4.51. The van der Waals surface area contributed by atoms with Gasteiger partial charge in [0, 0.05) is 31.6 Å². The van der Waals surface area contributed by atoms with E-state index in [1.54, 1.807) is 0 Å². The summed E-state index contributed by atoms with van der Waals surface area (Å²) in [6.07, 6.45) is 0.898. The molecule has 0 radical (unpaired) electrons. The first kappa shape index (κ1) is 14.0. The van der Waals surface area contributed by atoms with Crippen molar-refractivity contribution in [3.05, 3.63) is 0 Å². The van der Waals surface area contributed by atoms with E-state index in [1.807, 2.05) is 30.6 Å². The molecule has 0 aliphatic carbocycles. The van der Waals surface area contributed by atoms with Crippen LogP contribution in [0.4, 0.5) is 0 Å². The lowest BCUT2D eigenvalue weighted by molar-refractivity contribution is -0.139. The predicted molar refractivity (Wildman–Crippen MR) is 66.3 cm³/mol. The molecule has 2 amide bonds. The fraction of sp³-hybridized carbons (Fsp3) is 0.833. The second-order valence-electron chi connectivity index (χ2n) is 5.64. The van der Waals surface area contributed by atoms with Crippen molar-refractivity contribution in [2.75, 3.05) is 32.7 Å². The summed E-state index contributed by atoms with van der Waals surface area (Å²) in [6.45, 7) is 9.10. The van der Waals surface area contributed by atoms with Crippen LogP contribution in [0.3, 0.4) is 0 Å². The lowest BCUT2D eigenvalue weighted by Gasteiger charge is -2.28. The Morgan fingerprint density at radius 3 is 2.29 bits per heavy atom. The number of carbonyl (C=O) groups excluding carboxylic acids is 2. The highest BCUT2D eigenvalue weighted by Gasteiger charge is 2.28. The van der Waals surface area contributed by atoms with Crippen molar-refractivity contribution >= 4 is 11.8 Å². The molecule has 0 saturated carbocycles. The Morgan fingerprint density at radius 1 is 1.12 bits per heavy atom. The van der Waals surface area contributed by atoms with E-state index in [0.717, 1.165) is 26.1 Å². The predicted octanol–water partition coefficient (Wildman–Crippen LogP) is 0.0521. The number of amides is 2. The van der Waals surface area contributed by atoms with Crippen LogP contribution in [0, 0.1) is 5.41 Å². The van der Waals surface area contributed by atoms with Gasteiger partial charge in [0.25, 0.3) is 0 Å². The topological polar surface area (TPSA) is 66.6 Å². The zero-order chi connectivity index (χ0) is 13.1. The van der Waals surface area contributed by atoms with E-state index in [-0.39, 0.29) is 23.8 Å². The summed E-state index contributed by atoms with van der Waals surface area (Å²) < 4.78 is 0. The van der Waals surface area contributed by atoms with Crippen molar-refractivity contribution in [3.63, 3.8) is 0 Å². The van der Waals surface area contributed by atoms with E-state index < -0.39 is 0 Å². The molecule has 2 N–H and O–H groups in total. The molecule has 1 heterocycles. The average Bonchev–Trinajstić information content (AvgIpc) is 2.40. The van der Waals surface area contributed by atoms with Gasteiger partial charge < -0.3 is 10.6 Å². The van der Waals surface area contributed by atoms with Crippen molar-refractivity contribution in [2.45, 2.75) is 27.2 Å². The number of carbonyl (C=O) groups is 2. The van der Waals surface area contributed by atoms with Gasteiger partial charge in [0.1, 0.15) is 0 Å². The second kappa shape index (κ2) is 5.49. The average molecular weight is 241 g/mol. The van der Waals surface area contributed by atoms with Crippen LogP contribution in [0.5, 0.6) is 0 Å². The van der Waals surface area contributed by atoms with E-state index in [0.29, 0.717) is 6.54 Å². The molecule has 5 heteroatoms. The molecular weight excluding hydrogens is 218 g/mol. The third kappa shape index (κ3) is 4.34. The number of nitrogens with two attached hydrogens (primary N) is 1. The van der Waals surface area contributed by atoms with Gasteiger partial charge in [-0.25, -0.2) is 0 Å². The minimum Gasteiger partial charge on any atom is -0.369 e. The molecule has 1 aliphatic heterocycles. The number of hydrogen-bond donors (Lipinski definition) is 1. The summed E-state index contributed by atoms with van der Waals surface area (Å²) in [6, 6.07) is 0. The fourth-order valence-electron chi connectivity index (χ4n) is 2.03. The third-order valence-electron chi connectivity index (χ3n) is 2.90. The van der Waals surface area contributed by atoms with E-state index in [9.17, 15) is 9.59 Å². The van der Waals surface area contributed by atoms with Crippen LogP contribution >= 0.6 is 0 Å². The molecule has 5 nitrogen and oxygen atoms in total. The van der Waals surface area contributed by atoms with Crippen molar-refractivity contribution in [1.29, 1.82) is 0 Å². The second-order valence-corrected chi connectivity index (χ2v) is 5.64. The van der Waals surface area contributed by atoms with Gasteiger partial charge in [-0.2, -0.15) is 0 Å². The van der Waals surface area contributed by atoms with E-state index in [2.05, 4.69) is 0 Å². The van der Waals surface area contributed by atoms with Gasteiger partial charge in [0.05, 0.1) is 6.54 Å². The van der Waals surface area contributed by atoms with Crippen LogP contribution in [0.25, 0.3) is 0 Å². The summed E-state index contributed by atoms with van der Waals surface area (Å²) in [4.78, 5) is 26.9. The molecule has 17 heavy (non-hydrogen) atoms. The molecule has 1 saturated heterocycles. The van der Waals surface area contributed by atoms with Gasteiger partial charge in [0.2, 0.25) is 11.8 Å². The van der Waals surface area contributed by atoms with E-state index in [1.165, 1.54) is 0 Å².